The van der Waals surface area contributed by atoms with E-state index in [4.69, 9.17) is 16.3 Å². The van der Waals surface area contributed by atoms with Crippen molar-refractivity contribution in [3.63, 3.8) is 0 Å². The summed E-state index contributed by atoms with van der Waals surface area (Å²) >= 11 is 7.07. The van der Waals surface area contributed by atoms with E-state index in [1.54, 1.807) is 6.92 Å². The Morgan fingerprint density at radius 2 is 1.95 bits per heavy atom. The summed E-state index contributed by atoms with van der Waals surface area (Å²) in [5.74, 6) is 0.692. The molecule has 20 heavy (non-hydrogen) atoms. The van der Waals surface area contributed by atoms with Crippen LogP contribution in [0.15, 0.2) is 29.6 Å². The molecular weight excluding hydrogens is 311 g/mol. The summed E-state index contributed by atoms with van der Waals surface area (Å²) in [4.78, 5) is 4.26. The first-order valence-electron chi connectivity index (χ1n) is 5.74. The maximum atomic E-state index is 12.4. The molecule has 0 saturated heterocycles. The second-order valence-corrected chi connectivity index (χ2v) is 5.25. The minimum absolute atomic E-state index is 0.323. The molecular formula is C13H11ClF3NOS. The molecule has 1 atom stereocenters. The second-order valence-electron chi connectivity index (χ2n) is 4.09. The predicted molar refractivity (Wildman–Crippen MR) is 72.2 cm³/mol. The van der Waals surface area contributed by atoms with Crippen LogP contribution in [0.2, 0.25) is 0 Å². The summed E-state index contributed by atoms with van der Waals surface area (Å²) in [6, 6.07) is 4.59. The monoisotopic (exact) mass is 321 g/mol. The van der Waals surface area contributed by atoms with Gasteiger partial charge in [-0.3, -0.25) is 0 Å². The van der Waals surface area contributed by atoms with Crippen molar-refractivity contribution in [3.8, 4) is 5.75 Å². The summed E-state index contributed by atoms with van der Waals surface area (Å²) in [6.45, 7) is 1.79. The first-order valence-corrected chi connectivity index (χ1v) is 7.15. The Bertz CT molecular complexity index is 568. The van der Waals surface area contributed by atoms with Crippen molar-refractivity contribution < 1.29 is 17.9 Å². The number of aromatic nitrogens is 1. The van der Waals surface area contributed by atoms with Crippen LogP contribution >= 0.6 is 22.9 Å². The molecule has 0 aliphatic rings. The highest BCUT2D eigenvalue weighted by Gasteiger charge is 2.30. The summed E-state index contributed by atoms with van der Waals surface area (Å²) in [7, 11) is 0. The van der Waals surface area contributed by atoms with Crippen LogP contribution in [-0.4, -0.2) is 4.98 Å². The van der Waals surface area contributed by atoms with Gasteiger partial charge in [0, 0.05) is 5.38 Å². The van der Waals surface area contributed by atoms with Crippen LogP contribution in [0.5, 0.6) is 5.75 Å². The molecule has 1 aromatic carbocycles. The minimum Gasteiger partial charge on any atom is -0.484 e. The lowest BCUT2D eigenvalue weighted by molar-refractivity contribution is -0.137. The van der Waals surface area contributed by atoms with E-state index in [0.717, 1.165) is 22.8 Å². The highest BCUT2D eigenvalue weighted by atomic mass is 35.5. The average molecular weight is 322 g/mol. The highest BCUT2D eigenvalue weighted by Crippen LogP contribution is 2.31. The molecule has 2 aromatic rings. The van der Waals surface area contributed by atoms with Gasteiger partial charge in [-0.1, -0.05) is 0 Å². The zero-order valence-corrected chi connectivity index (χ0v) is 12.0. The topological polar surface area (TPSA) is 22.1 Å². The molecule has 1 aromatic heterocycles. The van der Waals surface area contributed by atoms with Crippen molar-refractivity contribution >= 4 is 22.9 Å². The molecule has 0 N–H and O–H groups in total. The third-order valence-corrected chi connectivity index (χ3v) is 3.88. The third kappa shape index (κ3) is 3.64. The SMILES string of the molecule is CC(Oc1ccc(C(F)(F)F)cc1)c1nc(CCl)cs1. The fourth-order valence-corrected chi connectivity index (χ4v) is 2.58. The third-order valence-electron chi connectivity index (χ3n) is 2.55. The van der Waals surface area contributed by atoms with E-state index in [0.29, 0.717) is 11.6 Å². The van der Waals surface area contributed by atoms with E-state index in [2.05, 4.69) is 4.98 Å². The van der Waals surface area contributed by atoms with E-state index in [-0.39, 0.29) is 6.10 Å². The number of benzene rings is 1. The zero-order valence-electron chi connectivity index (χ0n) is 10.4. The minimum atomic E-state index is -4.34. The van der Waals surface area contributed by atoms with Gasteiger partial charge in [0.1, 0.15) is 16.9 Å². The Morgan fingerprint density at radius 3 is 2.45 bits per heavy atom. The number of rotatable bonds is 4. The van der Waals surface area contributed by atoms with Gasteiger partial charge in [0.15, 0.2) is 0 Å². The van der Waals surface area contributed by atoms with Crippen molar-refractivity contribution in [3.05, 3.63) is 45.9 Å². The Hall–Kier alpha value is -1.27. The van der Waals surface area contributed by atoms with Crippen molar-refractivity contribution in [2.45, 2.75) is 25.1 Å². The van der Waals surface area contributed by atoms with Gasteiger partial charge in [-0.05, 0) is 31.2 Å². The Balaban J connectivity index is 2.06. The van der Waals surface area contributed by atoms with Gasteiger partial charge in [-0.15, -0.1) is 22.9 Å². The van der Waals surface area contributed by atoms with E-state index in [1.165, 1.54) is 23.5 Å². The van der Waals surface area contributed by atoms with Gasteiger partial charge >= 0.3 is 6.18 Å². The molecule has 0 saturated carbocycles. The largest absolute Gasteiger partial charge is 0.484 e. The molecule has 7 heteroatoms. The van der Waals surface area contributed by atoms with Crippen molar-refractivity contribution in [2.24, 2.45) is 0 Å². The van der Waals surface area contributed by atoms with Crippen LogP contribution in [0, 0.1) is 0 Å². The van der Waals surface area contributed by atoms with Gasteiger partial charge < -0.3 is 4.74 Å². The molecule has 0 amide bonds. The fraction of sp³-hybridized carbons (Fsp3) is 0.308. The Labute approximate surface area is 123 Å². The Morgan fingerprint density at radius 1 is 1.30 bits per heavy atom. The highest BCUT2D eigenvalue weighted by molar-refractivity contribution is 7.09. The molecule has 2 nitrogen and oxygen atoms in total. The molecule has 0 aliphatic heterocycles. The lowest BCUT2D eigenvalue weighted by Gasteiger charge is -2.13. The number of nitrogens with zero attached hydrogens (tertiary/aromatic N) is 1. The van der Waals surface area contributed by atoms with Crippen molar-refractivity contribution in [1.29, 1.82) is 0 Å². The van der Waals surface area contributed by atoms with E-state index in [1.807, 2.05) is 5.38 Å². The number of thiazole rings is 1. The maximum Gasteiger partial charge on any atom is 0.416 e. The van der Waals surface area contributed by atoms with Gasteiger partial charge in [-0.2, -0.15) is 13.2 Å². The first kappa shape index (κ1) is 15.1. The smallest absolute Gasteiger partial charge is 0.416 e. The summed E-state index contributed by atoms with van der Waals surface area (Å²) in [5, 5.41) is 2.56. The molecule has 1 heterocycles. The first-order chi connectivity index (χ1) is 9.40. The molecule has 2 rings (SSSR count). The van der Waals surface area contributed by atoms with E-state index in [9.17, 15) is 13.2 Å². The van der Waals surface area contributed by atoms with E-state index >= 15 is 0 Å². The van der Waals surface area contributed by atoms with Crippen molar-refractivity contribution in [2.75, 3.05) is 0 Å². The fourth-order valence-electron chi connectivity index (χ4n) is 1.55. The average Bonchev–Trinajstić information content (AvgIpc) is 2.87. The summed E-state index contributed by atoms with van der Waals surface area (Å²) in [6.07, 6.45) is -4.68. The number of hydrogen-bond acceptors (Lipinski definition) is 3. The summed E-state index contributed by atoms with van der Waals surface area (Å²) in [5.41, 5.74) is 0.0608. The van der Waals surface area contributed by atoms with Crippen LogP contribution in [0.25, 0.3) is 0 Å². The maximum absolute atomic E-state index is 12.4. The van der Waals surface area contributed by atoms with Crippen LogP contribution in [0.1, 0.15) is 29.3 Å². The molecule has 0 bridgehead atoms. The molecule has 0 radical (unpaired) electrons. The second kappa shape index (κ2) is 6.01. The lowest BCUT2D eigenvalue weighted by Crippen LogP contribution is -2.06. The molecule has 0 fully saturated rings. The van der Waals surface area contributed by atoms with Gasteiger partial charge in [0.2, 0.25) is 0 Å². The molecule has 108 valence electrons. The van der Waals surface area contributed by atoms with Crippen LogP contribution in [0.3, 0.4) is 0 Å². The van der Waals surface area contributed by atoms with Crippen LogP contribution in [-0.2, 0) is 12.1 Å². The van der Waals surface area contributed by atoms with E-state index < -0.39 is 11.7 Å². The number of alkyl halides is 4. The van der Waals surface area contributed by atoms with Gasteiger partial charge in [-0.25, -0.2) is 4.98 Å². The Kier molecular flexibility index (Phi) is 4.55. The summed E-state index contributed by atoms with van der Waals surface area (Å²) < 4.78 is 42.8. The number of halogens is 4. The lowest BCUT2D eigenvalue weighted by atomic mass is 10.2. The van der Waals surface area contributed by atoms with Gasteiger partial charge in [0.05, 0.1) is 17.1 Å². The molecule has 1 unspecified atom stereocenters. The molecule has 0 aliphatic carbocycles. The van der Waals surface area contributed by atoms with Crippen LogP contribution < -0.4 is 4.74 Å². The standard InChI is InChI=1S/C13H11ClF3NOS/c1-8(12-18-10(6-14)7-20-12)19-11-4-2-9(3-5-11)13(15,16)17/h2-5,7-8H,6H2,1H3. The van der Waals surface area contributed by atoms with Crippen molar-refractivity contribution in [1.82, 2.24) is 4.98 Å². The van der Waals surface area contributed by atoms with Gasteiger partial charge in [0.25, 0.3) is 0 Å². The number of ether oxygens (including phenoxy) is 1. The quantitative estimate of drug-likeness (QED) is 0.736. The number of hydrogen-bond donors (Lipinski definition) is 0. The predicted octanol–water partition coefficient (Wildman–Crippen LogP) is 5.04. The van der Waals surface area contributed by atoms with Crippen LogP contribution in [0.4, 0.5) is 13.2 Å². The normalized spacial score (nSPS) is 13.2. The molecule has 0 spiro atoms. The zero-order chi connectivity index (χ0) is 14.8.